The summed E-state index contributed by atoms with van der Waals surface area (Å²) in [5.41, 5.74) is 1.41. The number of amides is 1. The molecular weight excluding hydrogens is 482 g/mol. The van der Waals surface area contributed by atoms with Gasteiger partial charge in [0.15, 0.2) is 11.6 Å². The molecule has 2 aromatic rings. The molecule has 7 nitrogen and oxygen atoms in total. The number of carbonyl (C=O) groups is 2. The third kappa shape index (κ3) is 5.84. The summed E-state index contributed by atoms with van der Waals surface area (Å²) < 4.78 is 27.3. The normalized spacial score (nSPS) is 18.8. The number of rotatable bonds is 7. The lowest BCUT2D eigenvalue weighted by Crippen LogP contribution is -2.49. The summed E-state index contributed by atoms with van der Waals surface area (Å²) in [6.45, 7) is 3.94. The lowest BCUT2D eigenvalue weighted by molar-refractivity contribution is -0.138. The van der Waals surface area contributed by atoms with Crippen molar-refractivity contribution in [1.29, 1.82) is 0 Å². The van der Waals surface area contributed by atoms with E-state index in [2.05, 4.69) is 9.88 Å². The summed E-state index contributed by atoms with van der Waals surface area (Å²) in [5.74, 6) is -2.90. The zero-order valence-corrected chi connectivity index (χ0v) is 19.7. The quantitative estimate of drug-likeness (QED) is 0.456. The van der Waals surface area contributed by atoms with Crippen molar-refractivity contribution in [2.24, 2.45) is 0 Å². The molecule has 0 aliphatic carbocycles. The van der Waals surface area contributed by atoms with E-state index in [1.807, 2.05) is 4.90 Å². The molecule has 0 bridgehead atoms. The van der Waals surface area contributed by atoms with Gasteiger partial charge in [-0.15, -0.1) is 0 Å². The van der Waals surface area contributed by atoms with Crippen LogP contribution in [0.3, 0.4) is 0 Å². The van der Waals surface area contributed by atoms with Gasteiger partial charge in [-0.05, 0) is 36.4 Å². The van der Waals surface area contributed by atoms with E-state index in [1.165, 1.54) is 17.8 Å². The molecule has 0 atom stereocenters. The Morgan fingerprint density at radius 1 is 1.09 bits per heavy atom. The first kappa shape index (κ1) is 24.4. The van der Waals surface area contributed by atoms with Gasteiger partial charge in [0.25, 0.3) is 5.91 Å². The molecule has 3 heterocycles. The molecule has 1 N–H and O–H groups in total. The summed E-state index contributed by atoms with van der Waals surface area (Å²) in [6.07, 6.45) is 1.65. The van der Waals surface area contributed by atoms with Crippen LogP contribution in [0.25, 0.3) is 17.3 Å². The molecule has 4 rings (SSSR count). The average Bonchev–Trinajstić information content (AvgIpc) is 3.07. The third-order valence-electron chi connectivity index (χ3n) is 5.60. The van der Waals surface area contributed by atoms with E-state index < -0.39 is 17.6 Å². The molecule has 2 saturated heterocycles. The highest BCUT2D eigenvalue weighted by atomic mass is 32.2. The first-order valence-electron chi connectivity index (χ1n) is 10.6. The highest BCUT2D eigenvalue weighted by molar-refractivity contribution is 8.26. The number of thiocarbonyl (C=S) groups is 1. The highest BCUT2D eigenvalue weighted by Gasteiger charge is 2.32. The standard InChI is InChI=1S/C23H22F2N4O3S2/c24-17-5-4-15(12-18(17)25)19-3-1-2-16(26-19)13-20-22(32)29(23(33)34-20)11-10-27-6-8-28(9-7-27)14-21(30)31/h1-5,12-13H,6-11,14H2,(H,30,31). The number of thioether (sulfide) groups is 1. The van der Waals surface area contributed by atoms with Crippen molar-refractivity contribution in [3.8, 4) is 11.3 Å². The van der Waals surface area contributed by atoms with Gasteiger partial charge in [-0.2, -0.15) is 0 Å². The number of carbonyl (C=O) groups excluding carboxylic acids is 1. The molecule has 2 fully saturated rings. The molecule has 0 spiro atoms. The lowest BCUT2D eigenvalue weighted by Gasteiger charge is -2.34. The van der Waals surface area contributed by atoms with Gasteiger partial charge in [-0.3, -0.25) is 24.3 Å². The smallest absolute Gasteiger partial charge is 0.317 e. The zero-order valence-electron chi connectivity index (χ0n) is 18.1. The van der Waals surface area contributed by atoms with Crippen LogP contribution >= 0.6 is 24.0 Å². The van der Waals surface area contributed by atoms with E-state index in [0.717, 1.165) is 25.2 Å². The van der Waals surface area contributed by atoms with Gasteiger partial charge >= 0.3 is 5.97 Å². The molecule has 1 aromatic heterocycles. The van der Waals surface area contributed by atoms with Gasteiger partial charge in [0.1, 0.15) is 4.32 Å². The van der Waals surface area contributed by atoms with Crippen LogP contribution < -0.4 is 0 Å². The Hall–Kier alpha value is -2.73. The number of piperazine rings is 1. The molecule has 178 valence electrons. The van der Waals surface area contributed by atoms with Crippen molar-refractivity contribution < 1.29 is 23.5 Å². The number of hydrogen-bond donors (Lipinski definition) is 1. The number of carboxylic acid groups (broad SMARTS) is 1. The summed E-state index contributed by atoms with van der Waals surface area (Å²) in [5, 5.41) is 8.91. The molecule has 11 heteroatoms. The maximum atomic E-state index is 13.6. The minimum atomic E-state index is -0.950. The molecule has 0 saturated carbocycles. The average molecular weight is 505 g/mol. The Bertz CT molecular complexity index is 1150. The van der Waals surface area contributed by atoms with Gasteiger partial charge in [0, 0.05) is 44.8 Å². The number of hydrogen-bond acceptors (Lipinski definition) is 7. The summed E-state index contributed by atoms with van der Waals surface area (Å²) in [6, 6.07) is 8.74. The molecule has 0 unspecified atom stereocenters. The van der Waals surface area contributed by atoms with Crippen molar-refractivity contribution in [2.45, 2.75) is 0 Å². The van der Waals surface area contributed by atoms with E-state index in [-0.39, 0.29) is 12.5 Å². The van der Waals surface area contributed by atoms with Gasteiger partial charge in [-0.1, -0.05) is 30.0 Å². The van der Waals surface area contributed by atoms with Crippen LogP contribution in [0.1, 0.15) is 5.69 Å². The second-order valence-electron chi connectivity index (χ2n) is 7.92. The van der Waals surface area contributed by atoms with Crippen LogP contribution in [-0.2, 0) is 9.59 Å². The van der Waals surface area contributed by atoms with Gasteiger partial charge in [0.05, 0.1) is 22.8 Å². The van der Waals surface area contributed by atoms with Gasteiger partial charge in [-0.25, -0.2) is 13.8 Å². The Balaban J connectivity index is 1.38. The Morgan fingerprint density at radius 2 is 1.82 bits per heavy atom. The third-order valence-corrected chi connectivity index (χ3v) is 6.98. The Kier molecular flexibility index (Phi) is 7.67. The van der Waals surface area contributed by atoms with E-state index in [9.17, 15) is 18.4 Å². The topological polar surface area (TPSA) is 77.0 Å². The number of aliphatic carboxylic acids is 1. The molecule has 34 heavy (non-hydrogen) atoms. The largest absolute Gasteiger partial charge is 0.480 e. The van der Waals surface area contributed by atoms with Crippen LogP contribution in [0.5, 0.6) is 0 Å². The summed E-state index contributed by atoms with van der Waals surface area (Å²) >= 11 is 6.61. The molecule has 0 radical (unpaired) electrons. The fraction of sp³-hybridized carbons (Fsp3) is 0.304. The van der Waals surface area contributed by atoms with E-state index >= 15 is 0 Å². The molecule has 2 aliphatic rings. The lowest BCUT2D eigenvalue weighted by atomic mass is 10.1. The second kappa shape index (κ2) is 10.7. The van der Waals surface area contributed by atoms with Crippen molar-refractivity contribution >= 4 is 46.3 Å². The predicted octanol–water partition coefficient (Wildman–Crippen LogP) is 2.93. The van der Waals surface area contributed by atoms with Crippen LogP contribution in [0.4, 0.5) is 8.78 Å². The SMILES string of the molecule is O=C(O)CN1CCN(CCN2C(=O)C(=Cc3cccc(-c4ccc(F)c(F)c4)n3)SC2=S)CC1. The second-order valence-corrected chi connectivity index (χ2v) is 9.60. The monoisotopic (exact) mass is 504 g/mol. The predicted molar refractivity (Wildman–Crippen MR) is 130 cm³/mol. The Morgan fingerprint density at radius 3 is 2.53 bits per heavy atom. The fourth-order valence-corrected chi connectivity index (χ4v) is 5.07. The molecular formula is C23H22F2N4O3S2. The number of nitrogens with zero attached hydrogens (tertiary/aromatic N) is 4. The van der Waals surface area contributed by atoms with Crippen LogP contribution in [0.2, 0.25) is 0 Å². The van der Waals surface area contributed by atoms with Crippen molar-refractivity contribution in [1.82, 2.24) is 19.7 Å². The molecule has 2 aliphatic heterocycles. The van der Waals surface area contributed by atoms with Gasteiger partial charge < -0.3 is 5.11 Å². The summed E-state index contributed by atoms with van der Waals surface area (Å²) in [7, 11) is 0. The zero-order chi connectivity index (χ0) is 24.2. The highest BCUT2D eigenvalue weighted by Crippen LogP contribution is 2.32. The van der Waals surface area contributed by atoms with Crippen LogP contribution in [0.15, 0.2) is 41.3 Å². The number of halogens is 2. The maximum absolute atomic E-state index is 13.6. The maximum Gasteiger partial charge on any atom is 0.317 e. The first-order chi connectivity index (χ1) is 16.3. The number of aromatic nitrogens is 1. The Labute approximate surface area is 205 Å². The number of benzene rings is 1. The van der Waals surface area contributed by atoms with E-state index in [4.69, 9.17) is 17.3 Å². The fourth-order valence-electron chi connectivity index (χ4n) is 3.78. The van der Waals surface area contributed by atoms with E-state index in [0.29, 0.717) is 52.4 Å². The number of pyridine rings is 1. The van der Waals surface area contributed by atoms with Gasteiger partial charge in [0.2, 0.25) is 0 Å². The van der Waals surface area contributed by atoms with Crippen LogP contribution in [0, 0.1) is 11.6 Å². The minimum absolute atomic E-state index is 0.0403. The number of carboxylic acids is 1. The first-order valence-corrected chi connectivity index (χ1v) is 11.9. The minimum Gasteiger partial charge on any atom is -0.480 e. The van der Waals surface area contributed by atoms with Crippen molar-refractivity contribution in [3.05, 3.63) is 58.6 Å². The van der Waals surface area contributed by atoms with Crippen LogP contribution in [-0.4, -0.2) is 86.8 Å². The molecule has 1 aromatic carbocycles. The molecule has 1 amide bonds. The van der Waals surface area contributed by atoms with E-state index in [1.54, 1.807) is 29.2 Å². The van der Waals surface area contributed by atoms with Crippen molar-refractivity contribution in [2.75, 3.05) is 45.8 Å². The summed E-state index contributed by atoms with van der Waals surface area (Å²) in [4.78, 5) is 34.3. The van der Waals surface area contributed by atoms with Crippen molar-refractivity contribution in [3.63, 3.8) is 0 Å².